The Morgan fingerprint density at radius 1 is 1.29 bits per heavy atom. The van der Waals surface area contributed by atoms with Crippen molar-refractivity contribution in [3.05, 3.63) is 29.8 Å². The molecule has 0 aliphatic carbocycles. The number of benzene rings is 1. The second-order valence-electron chi connectivity index (χ2n) is 6.25. The van der Waals surface area contributed by atoms with E-state index in [9.17, 15) is 9.59 Å². The molecule has 1 aromatic carbocycles. The van der Waals surface area contributed by atoms with Crippen molar-refractivity contribution in [1.82, 2.24) is 5.32 Å². The molecule has 2 amide bonds. The van der Waals surface area contributed by atoms with Crippen LogP contribution in [0.15, 0.2) is 24.3 Å². The molecule has 1 aromatic rings. The second-order valence-corrected chi connectivity index (χ2v) is 6.25. The smallest absolute Gasteiger partial charge is 0.251 e. The van der Waals surface area contributed by atoms with Crippen LogP contribution in [-0.2, 0) is 4.79 Å². The molecule has 0 saturated heterocycles. The fraction of sp³-hybridized carbons (Fsp3) is 0.500. The molecule has 0 bridgehead atoms. The first kappa shape index (κ1) is 17.2. The van der Waals surface area contributed by atoms with Gasteiger partial charge >= 0.3 is 0 Å². The van der Waals surface area contributed by atoms with Gasteiger partial charge in [-0.25, -0.2) is 0 Å². The fourth-order valence-corrected chi connectivity index (χ4v) is 1.74. The zero-order chi connectivity index (χ0) is 16.0. The molecule has 0 spiro atoms. The van der Waals surface area contributed by atoms with Crippen molar-refractivity contribution in [2.75, 3.05) is 5.32 Å². The molecule has 4 N–H and O–H groups in total. The molecule has 0 saturated carbocycles. The number of nitrogens with one attached hydrogen (secondary N) is 2. The van der Waals surface area contributed by atoms with Crippen molar-refractivity contribution >= 4 is 17.5 Å². The summed E-state index contributed by atoms with van der Waals surface area (Å²) >= 11 is 0. The Hall–Kier alpha value is -1.88. The van der Waals surface area contributed by atoms with Crippen molar-refractivity contribution < 1.29 is 9.59 Å². The minimum atomic E-state index is -0.365. The lowest BCUT2D eigenvalue weighted by atomic mass is 10.00. The minimum absolute atomic E-state index is 0.0718. The van der Waals surface area contributed by atoms with Crippen molar-refractivity contribution in [3.8, 4) is 0 Å². The molecule has 5 nitrogen and oxygen atoms in total. The SMILES string of the molecule is CC(C)NC(=O)c1cccc(NC(=O)CCC(C)(C)N)c1. The quantitative estimate of drug-likeness (QED) is 0.751. The van der Waals surface area contributed by atoms with Gasteiger partial charge < -0.3 is 16.4 Å². The third-order valence-corrected chi connectivity index (χ3v) is 2.82. The van der Waals surface area contributed by atoms with Crippen LogP contribution in [0, 0.1) is 0 Å². The molecule has 5 heteroatoms. The van der Waals surface area contributed by atoms with Crippen molar-refractivity contribution in [2.24, 2.45) is 5.73 Å². The molecule has 0 atom stereocenters. The van der Waals surface area contributed by atoms with Crippen LogP contribution in [0.3, 0.4) is 0 Å². The molecule has 116 valence electrons. The van der Waals surface area contributed by atoms with Crippen LogP contribution in [0.4, 0.5) is 5.69 Å². The van der Waals surface area contributed by atoms with Crippen molar-refractivity contribution in [1.29, 1.82) is 0 Å². The predicted molar refractivity (Wildman–Crippen MR) is 85.2 cm³/mol. The molecule has 0 aliphatic heterocycles. The Morgan fingerprint density at radius 3 is 2.52 bits per heavy atom. The Bertz CT molecular complexity index is 504. The largest absolute Gasteiger partial charge is 0.350 e. The number of hydrogen-bond donors (Lipinski definition) is 3. The fourth-order valence-electron chi connectivity index (χ4n) is 1.74. The van der Waals surface area contributed by atoms with E-state index in [1.54, 1.807) is 24.3 Å². The summed E-state index contributed by atoms with van der Waals surface area (Å²) in [6.45, 7) is 7.57. The Balaban J connectivity index is 2.64. The van der Waals surface area contributed by atoms with Crippen LogP contribution in [0.2, 0.25) is 0 Å². The van der Waals surface area contributed by atoms with Crippen LogP contribution in [0.5, 0.6) is 0 Å². The first-order valence-electron chi connectivity index (χ1n) is 7.17. The average molecular weight is 291 g/mol. The first-order valence-corrected chi connectivity index (χ1v) is 7.17. The zero-order valence-electron chi connectivity index (χ0n) is 13.2. The standard InChI is InChI=1S/C16H25N3O2/c1-11(2)18-15(21)12-6-5-7-13(10-12)19-14(20)8-9-16(3,4)17/h5-7,10-11H,8-9,17H2,1-4H3,(H,18,21)(H,19,20). The summed E-state index contributed by atoms with van der Waals surface area (Å²) in [4.78, 5) is 23.8. The highest BCUT2D eigenvalue weighted by molar-refractivity contribution is 5.97. The molecule has 0 aliphatic rings. The maximum absolute atomic E-state index is 11.9. The van der Waals surface area contributed by atoms with Gasteiger partial charge in [0.25, 0.3) is 5.91 Å². The van der Waals surface area contributed by atoms with E-state index in [2.05, 4.69) is 10.6 Å². The van der Waals surface area contributed by atoms with Crippen LogP contribution in [0.25, 0.3) is 0 Å². The van der Waals surface area contributed by atoms with E-state index in [-0.39, 0.29) is 23.4 Å². The molecular weight excluding hydrogens is 266 g/mol. The van der Waals surface area contributed by atoms with Crippen LogP contribution in [0.1, 0.15) is 50.9 Å². The highest BCUT2D eigenvalue weighted by Crippen LogP contribution is 2.13. The van der Waals surface area contributed by atoms with Gasteiger partial charge in [0.2, 0.25) is 5.91 Å². The number of rotatable bonds is 6. The summed E-state index contributed by atoms with van der Waals surface area (Å²) < 4.78 is 0. The lowest BCUT2D eigenvalue weighted by Crippen LogP contribution is -2.33. The molecule has 1 rings (SSSR count). The van der Waals surface area contributed by atoms with Gasteiger partial charge in [-0.3, -0.25) is 9.59 Å². The van der Waals surface area contributed by atoms with E-state index in [1.165, 1.54) is 0 Å². The van der Waals surface area contributed by atoms with E-state index in [4.69, 9.17) is 5.73 Å². The number of carbonyl (C=O) groups is 2. The number of amides is 2. The van der Waals surface area contributed by atoms with Gasteiger partial charge in [0.05, 0.1) is 0 Å². The predicted octanol–water partition coefficient (Wildman–Crippen LogP) is 2.28. The summed E-state index contributed by atoms with van der Waals surface area (Å²) in [5.41, 5.74) is 6.63. The lowest BCUT2D eigenvalue weighted by Gasteiger charge is -2.17. The van der Waals surface area contributed by atoms with Gasteiger partial charge in [-0.05, 0) is 52.3 Å². The molecule has 0 unspecified atom stereocenters. The summed E-state index contributed by atoms with van der Waals surface area (Å²) in [5, 5.41) is 5.61. The molecule has 21 heavy (non-hydrogen) atoms. The molecular formula is C16H25N3O2. The zero-order valence-corrected chi connectivity index (χ0v) is 13.2. The normalized spacial score (nSPS) is 11.3. The summed E-state index contributed by atoms with van der Waals surface area (Å²) in [6.07, 6.45) is 0.957. The Morgan fingerprint density at radius 2 is 1.95 bits per heavy atom. The van der Waals surface area contributed by atoms with Gasteiger partial charge in [0, 0.05) is 29.3 Å². The van der Waals surface area contributed by atoms with Gasteiger partial charge in [-0.1, -0.05) is 6.07 Å². The van der Waals surface area contributed by atoms with E-state index in [0.717, 1.165) is 0 Å². The van der Waals surface area contributed by atoms with E-state index < -0.39 is 0 Å². The van der Waals surface area contributed by atoms with Crippen molar-refractivity contribution in [2.45, 2.75) is 52.1 Å². The van der Waals surface area contributed by atoms with Gasteiger partial charge in [0.15, 0.2) is 0 Å². The van der Waals surface area contributed by atoms with Gasteiger partial charge in [-0.2, -0.15) is 0 Å². The highest BCUT2D eigenvalue weighted by atomic mass is 16.2. The van der Waals surface area contributed by atoms with E-state index >= 15 is 0 Å². The third-order valence-electron chi connectivity index (χ3n) is 2.82. The van der Waals surface area contributed by atoms with Crippen LogP contribution < -0.4 is 16.4 Å². The maximum atomic E-state index is 11.9. The topological polar surface area (TPSA) is 84.2 Å². The number of anilines is 1. The van der Waals surface area contributed by atoms with Crippen LogP contribution >= 0.6 is 0 Å². The maximum Gasteiger partial charge on any atom is 0.251 e. The van der Waals surface area contributed by atoms with E-state index in [1.807, 2.05) is 27.7 Å². The van der Waals surface area contributed by atoms with E-state index in [0.29, 0.717) is 24.1 Å². The van der Waals surface area contributed by atoms with Crippen LogP contribution in [-0.4, -0.2) is 23.4 Å². The lowest BCUT2D eigenvalue weighted by molar-refractivity contribution is -0.116. The number of nitrogens with two attached hydrogens (primary N) is 1. The van der Waals surface area contributed by atoms with Gasteiger partial charge in [0.1, 0.15) is 0 Å². The summed E-state index contributed by atoms with van der Waals surface area (Å²) in [6, 6.07) is 6.97. The number of hydrogen-bond acceptors (Lipinski definition) is 3. The Kier molecular flexibility index (Phi) is 5.90. The molecule has 0 aromatic heterocycles. The molecule has 0 radical (unpaired) electrons. The van der Waals surface area contributed by atoms with Gasteiger partial charge in [-0.15, -0.1) is 0 Å². The molecule has 0 fully saturated rings. The highest BCUT2D eigenvalue weighted by Gasteiger charge is 2.14. The monoisotopic (exact) mass is 291 g/mol. The summed E-state index contributed by atoms with van der Waals surface area (Å²) in [5.74, 6) is -0.251. The minimum Gasteiger partial charge on any atom is -0.350 e. The molecule has 0 heterocycles. The third kappa shape index (κ3) is 6.90. The Labute approximate surface area is 126 Å². The average Bonchev–Trinajstić information content (AvgIpc) is 2.35. The second kappa shape index (κ2) is 7.22. The van der Waals surface area contributed by atoms with Crippen molar-refractivity contribution in [3.63, 3.8) is 0 Å². The first-order chi connectivity index (χ1) is 9.67. The summed E-state index contributed by atoms with van der Waals surface area (Å²) in [7, 11) is 0. The number of carbonyl (C=O) groups excluding carboxylic acids is 2.